The Morgan fingerprint density at radius 2 is 2.00 bits per heavy atom. The monoisotopic (exact) mass is 534 g/mol. The normalized spacial score (nSPS) is 28.3. The number of likely N-dealkylation sites (tertiary alicyclic amines) is 1. The maximum atomic E-state index is 14.5. The lowest BCUT2D eigenvalue weighted by atomic mass is 9.71. The summed E-state index contributed by atoms with van der Waals surface area (Å²) >= 11 is 1.59. The zero-order chi connectivity index (χ0) is 27.0. The molecule has 3 saturated heterocycles. The van der Waals surface area contributed by atoms with E-state index in [4.69, 9.17) is 4.74 Å². The molecule has 1 spiro atoms. The standard InChI is InChI=1S/C30H34N2O5S/c1-4-6-16-37-29(36)24-23-13-14-30(38-23)25(24)27(34)32(19(3)18-33)26(30)28(35)31(15-5-2)22-12-11-20-9-7-8-10-21(20)17-22/h4-5,7-12,17,19,23-26,33H,1-2,6,13-16,18H2,3H3/t19-,23+,24-,25+,26?,30?/m1/s1. The van der Waals surface area contributed by atoms with Gasteiger partial charge in [-0.2, -0.15) is 0 Å². The van der Waals surface area contributed by atoms with Gasteiger partial charge in [-0.05, 0) is 49.1 Å². The predicted octanol–water partition coefficient (Wildman–Crippen LogP) is 3.95. The molecule has 7 nitrogen and oxygen atoms in total. The molecule has 3 fully saturated rings. The highest BCUT2D eigenvalue weighted by Gasteiger charge is 2.74. The van der Waals surface area contributed by atoms with E-state index in [1.165, 1.54) is 0 Å². The third-order valence-corrected chi connectivity index (χ3v) is 10.1. The third kappa shape index (κ3) is 4.14. The summed E-state index contributed by atoms with van der Waals surface area (Å²) in [6, 6.07) is 12.4. The van der Waals surface area contributed by atoms with E-state index in [0.717, 1.165) is 22.9 Å². The first-order valence-corrected chi connectivity index (χ1v) is 14.1. The molecular formula is C30H34N2O5S. The Bertz CT molecular complexity index is 1280. The number of hydrogen-bond acceptors (Lipinski definition) is 6. The fourth-order valence-corrected chi connectivity index (χ4v) is 8.67. The van der Waals surface area contributed by atoms with Crippen LogP contribution in [-0.4, -0.2) is 69.6 Å². The molecule has 0 saturated carbocycles. The maximum Gasteiger partial charge on any atom is 0.310 e. The number of carbonyl (C=O) groups is 3. The molecule has 2 unspecified atom stereocenters. The Balaban J connectivity index is 1.55. The minimum absolute atomic E-state index is 0.0735. The number of fused-ring (bicyclic) bond motifs is 2. The number of carbonyl (C=O) groups excluding carboxylic acids is 3. The largest absolute Gasteiger partial charge is 0.465 e. The number of aliphatic hydroxyl groups excluding tert-OH is 1. The van der Waals surface area contributed by atoms with Crippen molar-refractivity contribution in [2.45, 2.75) is 48.3 Å². The van der Waals surface area contributed by atoms with E-state index in [1.54, 1.807) is 40.6 Å². The van der Waals surface area contributed by atoms with Gasteiger partial charge in [0.15, 0.2) is 0 Å². The molecule has 0 aromatic heterocycles. The highest BCUT2D eigenvalue weighted by molar-refractivity contribution is 8.02. The van der Waals surface area contributed by atoms with E-state index in [9.17, 15) is 19.5 Å². The van der Waals surface area contributed by atoms with E-state index in [0.29, 0.717) is 12.8 Å². The number of esters is 1. The third-order valence-electron chi connectivity index (χ3n) is 8.17. The SMILES string of the molecule is C=CCCOC(=O)[C@@H]1[C@@H]2CCC3(S2)C(C(=O)N(CC=C)c2ccc4ccccc4c2)N([C@H](C)CO)C(=O)[C@H]13. The first-order valence-electron chi connectivity index (χ1n) is 13.2. The lowest BCUT2D eigenvalue weighted by Gasteiger charge is -2.38. The number of hydrogen-bond donors (Lipinski definition) is 1. The van der Waals surface area contributed by atoms with Crippen LogP contribution in [0.2, 0.25) is 0 Å². The second-order valence-electron chi connectivity index (χ2n) is 10.3. The highest BCUT2D eigenvalue weighted by Crippen LogP contribution is 2.67. The molecule has 6 atom stereocenters. The van der Waals surface area contributed by atoms with Crippen molar-refractivity contribution in [2.75, 3.05) is 24.7 Å². The molecule has 3 heterocycles. The molecule has 2 amide bonds. The van der Waals surface area contributed by atoms with Crippen LogP contribution in [0, 0.1) is 11.8 Å². The van der Waals surface area contributed by atoms with Crippen molar-refractivity contribution >= 4 is 46.0 Å². The fourth-order valence-electron chi connectivity index (χ4n) is 6.48. The molecule has 2 aromatic rings. The first-order chi connectivity index (χ1) is 18.4. The van der Waals surface area contributed by atoms with E-state index < -0.39 is 28.7 Å². The lowest BCUT2D eigenvalue weighted by molar-refractivity contribution is -0.154. The molecule has 1 N–H and O–H groups in total. The van der Waals surface area contributed by atoms with Gasteiger partial charge < -0.3 is 19.6 Å². The fraction of sp³-hybridized carbons (Fsp3) is 0.433. The molecule has 3 aliphatic rings. The molecule has 200 valence electrons. The number of anilines is 1. The second kappa shape index (κ2) is 10.6. The summed E-state index contributed by atoms with van der Waals surface area (Å²) in [4.78, 5) is 45.0. The number of ether oxygens (including phenoxy) is 1. The predicted molar refractivity (Wildman–Crippen MR) is 150 cm³/mol. The number of thioether (sulfide) groups is 1. The van der Waals surface area contributed by atoms with Crippen LogP contribution in [0.5, 0.6) is 0 Å². The maximum absolute atomic E-state index is 14.5. The Hall–Kier alpha value is -3.10. The smallest absolute Gasteiger partial charge is 0.310 e. The first kappa shape index (κ1) is 26.5. The van der Waals surface area contributed by atoms with Crippen molar-refractivity contribution in [3.63, 3.8) is 0 Å². The van der Waals surface area contributed by atoms with Gasteiger partial charge in [0.05, 0.1) is 35.8 Å². The van der Waals surface area contributed by atoms with Crippen molar-refractivity contribution in [3.05, 3.63) is 67.8 Å². The van der Waals surface area contributed by atoms with Gasteiger partial charge in [-0.15, -0.1) is 24.9 Å². The van der Waals surface area contributed by atoms with Crippen LogP contribution in [0.3, 0.4) is 0 Å². The van der Waals surface area contributed by atoms with Gasteiger partial charge in [0.1, 0.15) is 6.04 Å². The summed E-state index contributed by atoms with van der Waals surface area (Å²) in [6.07, 6.45) is 5.29. The summed E-state index contributed by atoms with van der Waals surface area (Å²) < 4.78 is 4.78. The Morgan fingerprint density at radius 3 is 2.71 bits per heavy atom. The zero-order valence-electron chi connectivity index (χ0n) is 21.6. The summed E-state index contributed by atoms with van der Waals surface area (Å²) in [5, 5.41) is 12.1. The van der Waals surface area contributed by atoms with Gasteiger partial charge in [0.2, 0.25) is 5.91 Å². The zero-order valence-corrected chi connectivity index (χ0v) is 22.4. The topological polar surface area (TPSA) is 87.2 Å². The molecule has 5 rings (SSSR count). The van der Waals surface area contributed by atoms with Crippen LogP contribution in [-0.2, 0) is 19.1 Å². The number of aliphatic hydroxyl groups is 1. The molecular weight excluding hydrogens is 500 g/mol. The van der Waals surface area contributed by atoms with Gasteiger partial charge in [-0.1, -0.05) is 42.5 Å². The summed E-state index contributed by atoms with van der Waals surface area (Å²) in [6.45, 7) is 9.51. The lowest BCUT2D eigenvalue weighted by Crippen LogP contribution is -2.57. The average molecular weight is 535 g/mol. The Kier molecular flexibility index (Phi) is 7.38. The minimum Gasteiger partial charge on any atom is -0.465 e. The molecule has 0 radical (unpaired) electrons. The molecule has 0 aliphatic carbocycles. The van der Waals surface area contributed by atoms with Gasteiger partial charge >= 0.3 is 5.97 Å². The Labute approximate surface area is 227 Å². The van der Waals surface area contributed by atoms with Crippen molar-refractivity contribution in [1.82, 2.24) is 4.90 Å². The number of amides is 2. The van der Waals surface area contributed by atoms with Crippen molar-refractivity contribution < 1.29 is 24.2 Å². The van der Waals surface area contributed by atoms with Gasteiger partial charge in [0.25, 0.3) is 5.91 Å². The summed E-state index contributed by atoms with van der Waals surface area (Å²) in [5.74, 6) is -2.11. The number of benzene rings is 2. The van der Waals surface area contributed by atoms with Crippen molar-refractivity contribution in [1.29, 1.82) is 0 Å². The van der Waals surface area contributed by atoms with Crippen LogP contribution in [0.15, 0.2) is 67.8 Å². The molecule has 2 aromatic carbocycles. The van der Waals surface area contributed by atoms with Gasteiger partial charge in [0, 0.05) is 17.5 Å². The molecule has 38 heavy (non-hydrogen) atoms. The van der Waals surface area contributed by atoms with Crippen LogP contribution >= 0.6 is 11.8 Å². The van der Waals surface area contributed by atoms with E-state index in [1.807, 2.05) is 42.5 Å². The molecule has 8 heteroatoms. The average Bonchev–Trinajstić information content (AvgIpc) is 3.58. The summed E-state index contributed by atoms with van der Waals surface area (Å²) in [7, 11) is 0. The quantitative estimate of drug-likeness (QED) is 0.282. The van der Waals surface area contributed by atoms with Crippen molar-refractivity contribution in [2.24, 2.45) is 11.8 Å². The minimum atomic E-state index is -0.811. The van der Waals surface area contributed by atoms with Crippen LogP contribution < -0.4 is 4.90 Å². The van der Waals surface area contributed by atoms with Crippen molar-refractivity contribution in [3.8, 4) is 0 Å². The van der Waals surface area contributed by atoms with Gasteiger partial charge in [-0.25, -0.2) is 0 Å². The highest BCUT2D eigenvalue weighted by atomic mass is 32.2. The molecule has 2 bridgehead atoms. The van der Waals surface area contributed by atoms with Crippen LogP contribution in [0.1, 0.15) is 26.2 Å². The molecule has 3 aliphatic heterocycles. The summed E-state index contributed by atoms with van der Waals surface area (Å²) in [5.41, 5.74) is 0.718. The van der Waals surface area contributed by atoms with E-state index in [-0.39, 0.29) is 42.8 Å². The Morgan fingerprint density at radius 1 is 1.24 bits per heavy atom. The van der Waals surface area contributed by atoms with E-state index >= 15 is 0 Å². The van der Waals surface area contributed by atoms with E-state index in [2.05, 4.69) is 13.2 Å². The van der Waals surface area contributed by atoms with Crippen LogP contribution in [0.4, 0.5) is 5.69 Å². The number of nitrogens with zero attached hydrogens (tertiary/aromatic N) is 2. The number of rotatable bonds is 10. The second-order valence-corrected chi connectivity index (χ2v) is 11.9. The van der Waals surface area contributed by atoms with Crippen LogP contribution in [0.25, 0.3) is 10.8 Å². The van der Waals surface area contributed by atoms with Gasteiger partial charge in [-0.3, -0.25) is 14.4 Å².